The van der Waals surface area contributed by atoms with Crippen molar-refractivity contribution in [1.29, 1.82) is 0 Å². The maximum Gasteiger partial charge on any atom is 0.253 e. The fraction of sp³-hybridized carbons (Fsp3) is 0.600. The molecule has 1 aliphatic carbocycles. The number of carbonyl (C=O) groups excluding carboxylic acids is 2. The standard InChI is InChI=1S/C20H27N5O2/c1-2-25-18-8-7-15(13-17(18)22-23-25)20(27)24-11-9-14(10-12-24)19(26)21-16-5-3-4-6-16/h7-8,13-14,16H,2-6,9-12H2,1H3,(H,21,26). The van der Waals surface area contributed by atoms with E-state index in [9.17, 15) is 9.59 Å². The smallest absolute Gasteiger partial charge is 0.253 e. The second kappa shape index (κ2) is 7.66. The lowest BCUT2D eigenvalue weighted by atomic mass is 9.95. The number of hydrogen-bond acceptors (Lipinski definition) is 4. The van der Waals surface area contributed by atoms with Crippen LogP contribution in [0.25, 0.3) is 11.0 Å². The minimum atomic E-state index is 0.0117. The molecule has 27 heavy (non-hydrogen) atoms. The van der Waals surface area contributed by atoms with Gasteiger partial charge < -0.3 is 10.2 Å². The number of nitrogens with one attached hydrogen (secondary N) is 1. The summed E-state index contributed by atoms with van der Waals surface area (Å²) in [6, 6.07) is 5.93. The topological polar surface area (TPSA) is 80.1 Å². The molecule has 2 aromatic rings. The Hall–Kier alpha value is -2.44. The fourth-order valence-electron chi connectivity index (χ4n) is 4.26. The Morgan fingerprint density at radius 2 is 1.89 bits per heavy atom. The van der Waals surface area contributed by atoms with Gasteiger partial charge in [-0.05, 0) is 50.8 Å². The molecule has 0 bridgehead atoms. The van der Waals surface area contributed by atoms with Crippen molar-refractivity contribution in [3.8, 4) is 0 Å². The third-order valence-corrected chi connectivity index (χ3v) is 5.91. The van der Waals surface area contributed by atoms with E-state index >= 15 is 0 Å². The second-order valence-electron chi connectivity index (χ2n) is 7.67. The van der Waals surface area contributed by atoms with Crippen molar-refractivity contribution in [2.24, 2.45) is 5.92 Å². The average Bonchev–Trinajstić information content (AvgIpc) is 3.36. The van der Waals surface area contributed by atoms with Crippen LogP contribution in [0, 0.1) is 5.92 Å². The molecule has 7 heteroatoms. The number of likely N-dealkylation sites (tertiary alicyclic amines) is 1. The Balaban J connectivity index is 1.36. The van der Waals surface area contributed by atoms with Crippen molar-refractivity contribution >= 4 is 22.8 Å². The van der Waals surface area contributed by atoms with Crippen molar-refractivity contribution in [3.63, 3.8) is 0 Å². The van der Waals surface area contributed by atoms with Crippen molar-refractivity contribution in [2.75, 3.05) is 13.1 Å². The highest BCUT2D eigenvalue weighted by molar-refractivity contribution is 5.97. The van der Waals surface area contributed by atoms with E-state index in [1.165, 1.54) is 12.8 Å². The van der Waals surface area contributed by atoms with E-state index in [2.05, 4.69) is 15.6 Å². The maximum atomic E-state index is 12.8. The minimum Gasteiger partial charge on any atom is -0.353 e. The number of hydrogen-bond donors (Lipinski definition) is 1. The average molecular weight is 369 g/mol. The zero-order chi connectivity index (χ0) is 18.8. The molecule has 1 saturated carbocycles. The highest BCUT2D eigenvalue weighted by atomic mass is 16.2. The van der Waals surface area contributed by atoms with Crippen LogP contribution in [-0.2, 0) is 11.3 Å². The van der Waals surface area contributed by atoms with Crippen LogP contribution in [0.2, 0.25) is 0 Å². The lowest BCUT2D eigenvalue weighted by molar-refractivity contribution is -0.127. The van der Waals surface area contributed by atoms with Gasteiger partial charge in [-0.15, -0.1) is 5.10 Å². The number of nitrogens with zero attached hydrogens (tertiary/aromatic N) is 4. The molecule has 0 spiro atoms. The molecule has 2 fully saturated rings. The van der Waals surface area contributed by atoms with Crippen LogP contribution in [0.5, 0.6) is 0 Å². The molecule has 2 heterocycles. The van der Waals surface area contributed by atoms with Gasteiger partial charge in [-0.2, -0.15) is 0 Å². The summed E-state index contributed by atoms with van der Waals surface area (Å²) < 4.78 is 1.82. The minimum absolute atomic E-state index is 0.0117. The van der Waals surface area contributed by atoms with Crippen molar-refractivity contribution in [3.05, 3.63) is 23.8 Å². The Kier molecular flexibility index (Phi) is 5.09. The fourth-order valence-corrected chi connectivity index (χ4v) is 4.26. The number of fused-ring (bicyclic) bond motifs is 1. The Morgan fingerprint density at radius 3 is 2.59 bits per heavy atom. The molecule has 0 unspecified atom stereocenters. The zero-order valence-corrected chi connectivity index (χ0v) is 15.9. The Labute approximate surface area is 159 Å². The predicted molar refractivity (Wildman–Crippen MR) is 102 cm³/mol. The first kappa shape index (κ1) is 17.9. The van der Waals surface area contributed by atoms with Gasteiger partial charge in [0.25, 0.3) is 5.91 Å². The van der Waals surface area contributed by atoms with Crippen LogP contribution in [0.3, 0.4) is 0 Å². The lowest BCUT2D eigenvalue weighted by Gasteiger charge is -2.32. The van der Waals surface area contributed by atoms with Crippen LogP contribution < -0.4 is 5.32 Å². The zero-order valence-electron chi connectivity index (χ0n) is 15.9. The van der Waals surface area contributed by atoms with E-state index in [-0.39, 0.29) is 17.7 Å². The molecule has 1 aromatic heterocycles. The molecule has 4 rings (SSSR count). The summed E-state index contributed by atoms with van der Waals surface area (Å²) in [4.78, 5) is 27.1. The molecule has 2 aliphatic rings. The monoisotopic (exact) mass is 369 g/mol. The normalized spacial score (nSPS) is 18.9. The first-order valence-corrected chi connectivity index (χ1v) is 10.1. The molecule has 144 valence electrons. The van der Waals surface area contributed by atoms with E-state index < -0.39 is 0 Å². The van der Waals surface area contributed by atoms with Gasteiger partial charge in [0.05, 0.1) is 5.52 Å². The third kappa shape index (κ3) is 3.68. The number of benzene rings is 1. The number of piperidine rings is 1. The summed E-state index contributed by atoms with van der Waals surface area (Å²) >= 11 is 0. The molecular weight excluding hydrogens is 342 g/mol. The van der Waals surface area contributed by atoms with Gasteiger partial charge in [0.1, 0.15) is 5.52 Å². The van der Waals surface area contributed by atoms with Gasteiger partial charge in [0.2, 0.25) is 5.91 Å². The Morgan fingerprint density at radius 1 is 1.15 bits per heavy atom. The summed E-state index contributed by atoms with van der Waals surface area (Å²) in [5.41, 5.74) is 2.32. The maximum absolute atomic E-state index is 12.8. The molecule has 0 atom stereocenters. The molecule has 1 N–H and O–H groups in total. The molecule has 2 amide bonds. The van der Waals surface area contributed by atoms with Gasteiger partial charge in [0, 0.05) is 37.2 Å². The number of carbonyl (C=O) groups is 2. The molecular formula is C20H27N5O2. The van der Waals surface area contributed by atoms with Crippen molar-refractivity contribution < 1.29 is 9.59 Å². The van der Waals surface area contributed by atoms with Gasteiger partial charge >= 0.3 is 0 Å². The number of aromatic nitrogens is 3. The molecule has 0 radical (unpaired) electrons. The largest absolute Gasteiger partial charge is 0.353 e. The first-order valence-electron chi connectivity index (χ1n) is 10.1. The van der Waals surface area contributed by atoms with Crippen LogP contribution in [0.1, 0.15) is 55.8 Å². The van der Waals surface area contributed by atoms with Crippen LogP contribution >= 0.6 is 0 Å². The second-order valence-corrected chi connectivity index (χ2v) is 7.67. The summed E-state index contributed by atoms with van der Waals surface area (Å²) in [5, 5.41) is 11.4. The Bertz CT molecular complexity index is 832. The van der Waals surface area contributed by atoms with Gasteiger partial charge in [-0.25, -0.2) is 4.68 Å². The first-order chi connectivity index (χ1) is 13.2. The van der Waals surface area contributed by atoms with Crippen LogP contribution in [0.4, 0.5) is 0 Å². The summed E-state index contributed by atoms with van der Waals surface area (Å²) in [7, 11) is 0. The number of amides is 2. The van der Waals surface area contributed by atoms with E-state index in [0.717, 1.165) is 43.3 Å². The SMILES string of the molecule is CCn1nnc2cc(C(=O)N3CCC(C(=O)NC4CCCC4)CC3)ccc21. The van der Waals surface area contributed by atoms with E-state index in [1.807, 2.05) is 34.7 Å². The summed E-state index contributed by atoms with van der Waals surface area (Å²) in [6.07, 6.45) is 6.11. The van der Waals surface area contributed by atoms with E-state index in [1.54, 1.807) is 0 Å². The predicted octanol–water partition coefficient (Wildman–Crippen LogP) is 2.36. The van der Waals surface area contributed by atoms with Crippen molar-refractivity contribution in [2.45, 2.75) is 58.0 Å². The molecule has 1 aliphatic heterocycles. The number of aryl methyl sites for hydroxylation is 1. The van der Waals surface area contributed by atoms with Gasteiger partial charge in [0.15, 0.2) is 0 Å². The molecule has 1 saturated heterocycles. The van der Waals surface area contributed by atoms with Gasteiger partial charge in [-0.1, -0.05) is 18.1 Å². The lowest BCUT2D eigenvalue weighted by Crippen LogP contribution is -2.44. The van der Waals surface area contributed by atoms with Crippen molar-refractivity contribution in [1.82, 2.24) is 25.2 Å². The number of rotatable bonds is 4. The van der Waals surface area contributed by atoms with Gasteiger partial charge in [-0.3, -0.25) is 9.59 Å². The highest BCUT2D eigenvalue weighted by Crippen LogP contribution is 2.23. The van der Waals surface area contributed by atoms with E-state index in [4.69, 9.17) is 0 Å². The molecule has 1 aromatic carbocycles. The third-order valence-electron chi connectivity index (χ3n) is 5.91. The van der Waals surface area contributed by atoms with E-state index in [0.29, 0.717) is 24.7 Å². The van der Waals surface area contributed by atoms with Crippen LogP contribution in [0.15, 0.2) is 18.2 Å². The molecule has 7 nitrogen and oxygen atoms in total. The summed E-state index contributed by atoms with van der Waals surface area (Å²) in [6.45, 7) is 4.02. The highest BCUT2D eigenvalue weighted by Gasteiger charge is 2.29. The summed E-state index contributed by atoms with van der Waals surface area (Å²) in [5.74, 6) is 0.214. The quantitative estimate of drug-likeness (QED) is 0.897. The van der Waals surface area contributed by atoms with Crippen LogP contribution in [-0.4, -0.2) is 50.8 Å².